The first kappa shape index (κ1) is 29.5. The van der Waals surface area contributed by atoms with Crippen molar-refractivity contribution in [3.8, 4) is 33.6 Å². The number of hydrogen-bond donors (Lipinski definition) is 0. The summed E-state index contributed by atoms with van der Waals surface area (Å²) >= 11 is 0. The van der Waals surface area contributed by atoms with E-state index < -0.39 is 0 Å². The molecule has 0 aliphatic rings. The summed E-state index contributed by atoms with van der Waals surface area (Å²) in [5.74, 6) is 0. The minimum absolute atomic E-state index is 1.05. The molecule has 0 aliphatic heterocycles. The Morgan fingerprint density at radius 2 is 0.920 bits per heavy atom. The van der Waals surface area contributed by atoms with Gasteiger partial charge in [-0.25, -0.2) is 0 Å². The van der Waals surface area contributed by atoms with E-state index in [-0.39, 0.29) is 0 Å². The number of benzene rings is 7. The standard InChI is InChI=1S/C48H34N2/c1-3-13-33(4-2)36-16-12-17-40(30-36)50-46-21-11-9-19-42(46)44-32-38(25-29-48(44)50)37-24-28-47-43(31-37)41-18-8-10-20-45(41)49(47)39-26-22-35(23-27-39)34-14-6-5-7-15-34/h3-32H,1-2H2/b33-13+. The van der Waals surface area contributed by atoms with Crippen molar-refractivity contribution in [2.45, 2.75) is 0 Å². The van der Waals surface area contributed by atoms with Crippen molar-refractivity contribution in [1.29, 1.82) is 0 Å². The molecule has 0 amide bonds. The van der Waals surface area contributed by atoms with Crippen molar-refractivity contribution < 1.29 is 0 Å². The molecule has 0 radical (unpaired) electrons. The predicted molar refractivity (Wildman–Crippen MR) is 214 cm³/mol. The Morgan fingerprint density at radius 3 is 1.52 bits per heavy atom. The molecule has 0 fully saturated rings. The van der Waals surface area contributed by atoms with Crippen LogP contribution in [-0.2, 0) is 0 Å². The van der Waals surface area contributed by atoms with Gasteiger partial charge in [0.25, 0.3) is 0 Å². The van der Waals surface area contributed by atoms with Crippen molar-refractivity contribution >= 4 is 49.2 Å². The second-order valence-corrected chi connectivity index (χ2v) is 12.7. The van der Waals surface area contributed by atoms with Crippen LogP contribution >= 0.6 is 0 Å². The summed E-state index contributed by atoms with van der Waals surface area (Å²) in [6.45, 7) is 7.92. The smallest absolute Gasteiger partial charge is 0.0541 e. The normalized spacial score (nSPS) is 11.9. The lowest BCUT2D eigenvalue weighted by Gasteiger charge is -2.11. The number of para-hydroxylation sites is 2. The van der Waals surface area contributed by atoms with Crippen LogP contribution in [0.4, 0.5) is 0 Å². The van der Waals surface area contributed by atoms with E-state index >= 15 is 0 Å². The second-order valence-electron chi connectivity index (χ2n) is 12.7. The Kier molecular flexibility index (Phi) is 7.14. The van der Waals surface area contributed by atoms with Crippen molar-refractivity contribution in [3.05, 3.63) is 201 Å². The molecule has 0 N–H and O–H groups in total. The van der Waals surface area contributed by atoms with E-state index in [2.05, 4.69) is 186 Å². The molecule has 0 bridgehead atoms. The molecule has 2 heterocycles. The van der Waals surface area contributed by atoms with E-state index in [0.29, 0.717) is 0 Å². The van der Waals surface area contributed by atoms with E-state index in [4.69, 9.17) is 0 Å². The molecule has 0 spiro atoms. The Balaban J connectivity index is 1.17. The Bertz CT molecular complexity index is 2770. The summed E-state index contributed by atoms with van der Waals surface area (Å²) < 4.78 is 4.75. The zero-order valence-electron chi connectivity index (χ0n) is 27.6. The summed E-state index contributed by atoms with van der Waals surface area (Å²) in [5.41, 5.74) is 14.0. The molecule has 2 heteroatoms. The molecule has 0 unspecified atom stereocenters. The highest BCUT2D eigenvalue weighted by atomic mass is 15.0. The highest BCUT2D eigenvalue weighted by Crippen LogP contribution is 2.38. The lowest BCUT2D eigenvalue weighted by molar-refractivity contribution is 1.18. The van der Waals surface area contributed by atoms with Gasteiger partial charge in [-0.1, -0.05) is 135 Å². The number of allylic oxidation sites excluding steroid dienone is 4. The Labute approximate surface area is 291 Å². The molecule has 7 aromatic carbocycles. The van der Waals surface area contributed by atoms with Crippen molar-refractivity contribution in [3.63, 3.8) is 0 Å². The van der Waals surface area contributed by atoms with Crippen molar-refractivity contribution in [2.24, 2.45) is 0 Å². The highest BCUT2D eigenvalue weighted by Gasteiger charge is 2.16. The van der Waals surface area contributed by atoms with Crippen LogP contribution in [0.25, 0.3) is 82.8 Å². The number of nitrogens with zero attached hydrogens (tertiary/aromatic N) is 2. The van der Waals surface area contributed by atoms with E-state index in [0.717, 1.165) is 22.5 Å². The van der Waals surface area contributed by atoms with Crippen LogP contribution in [-0.4, -0.2) is 9.13 Å². The minimum atomic E-state index is 1.05. The quantitative estimate of drug-likeness (QED) is 0.154. The Hall–Kier alpha value is -6.64. The number of rotatable bonds is 7. The van der Waals surface area contributed by atoms with Crippen LogP contribution in [0, 0.1) is 0 Å². The van der Waals surface area contributed by atoms with Gasteiger partial charge in [-0.15, -0.1) is 0 Å². The first-order chi connectivity index (χ1) is 24.7. The summed E-state index contributed by atoms with van der Waals surface area (Å²) in [6.07, 6.45) is 5.69. The van der Waals surface area contributed by atoms with Gasteiger partial charge >= 0.3 is 0 Å². The third kappa shape index (κ3) is 4.81. The molecule has 9 rings (SSSR count). The van der Waals surface area contributed by atoms with E-state index in [1.54, 1.807) is 0 Å². The average molecular weight is 639 g/mol. The summed E-state index contributed by atoms with van der Waals surface area (Å²) in [4.78, 5) is 0. The van der Waals surface area contributed by atoms with Crippen LogP contribution in [0.1, 0.15) is 5.56 Å². The first-order valence-corrected chi connectivity index (χ1v) is 17.0. The molecule has 50 heavy (non-hydrogen) atoms. The lowest BCUT2D eigenvalue weighted by atomic mass is 10.0. The highest BCUT2D eigenvalue weighted by molar-refractivity contribution is 6.12. The van der Waals surface area contributed by atoms with Gasteiger partial charge in [-0.2, -0.15) is 0 Å². The maximum Gasteiger partial charge on any atom is 0.0541 e. The summed E-state index contributed by atoms with van der Waals surface area (Å²) in [6, 6.07) is 59.3. The van der Waals surface area contributed by atoms with Gasteiger partial charge in [0, 0.05) is 32.9 Å². The molecule has 236 valence electrons. The molecule has 0 aliphatic carbocycles. The van der Waals surface area contributed by atoms with Gasteiger partial charge in [0.05, 0.1) is 22.1 Å². The van der Waals surface area contributed by atoms with Crippen LogP contribution in [0.2, 0.25) is 0 Å². The second kappa shape index (κ2) is 12.1. The lowest BCUT2D eigenvalue weighted by Crippen LogP contribution is -1.95. The maximum atomic E-state index is 4.03. The molecular weight excluding hydrogens is 605 g/mol. The molecule has 2 aromatic heterocycles. The maximum absolute atomic E-state index is 4.03. The zero-order valence-corrected chi connectivity index (χ0v) is 27.6. The third-order valence-corrected chi connectivity index (χ3v) is 9.87. The van der Waals surface area contributed by atoms with Crippen molar-refractivity contribution in [2.75, 3.05) is 0 Å². The van der Waals surface area contributed by atoms with Gasteiger partial charge in [0.1, 0.15) is 0 Å². The molecular formula is C48H34N2. The summed E-state index contributed by atoms with van der Waals surface area (Å²) in [5, 5.41) is 4.96. The predicted octanol–water partition coefficient (Wildman–Crippen LogP) is 13.0. The average Bonchev–Trinajstić information content (AvgIpc) is 3.69. The number of fused-ring (bicyclic) bond motifs is 6. The fourth-order valence-corrected chi connectivity index (χ4v) is 7.53. The minimum Gasteiger partial charge on any atom is -0.309 e. The van der Waals surface area contributed by atoms with Gasteiger partial charge in [-0.3, -0.25) is 0 Å². The molecule has 0 saturated heterocycles. The molecule has 9 aromatic rings. The van der Waals surface area contributed by atoms with Crippen LogP contribution < -0.4 is 0 Å². The van der Waals surface area contributed by atoms with Gasteiger partial charge in [0.15, 0.2) is 0 Å². The Morgan fingerprint density at radius 1 is 0.400 bits per heavy atom. The topological polar surface area (TPSA) is 9.86 Å². The van der Waals surface area contributed by atoms with Crippen molar-refractivity contribution in [1.82, 2.24) is 9.13 Å². The SMILES string of the molecule is C=C/C=C(\C=C)c1cccc(-n2c3ccccc3c3cc(-c4ccc5c(c4)c4ccccc4n5-c4ccc(-c5ccccc5)cc4)ccc32)c1. The molecule has 0 saturated carbocycles. The van der Waals surface area contributed by atoms with Crippen LogP contribution in [0.15, 0.2) is 195 Å². The monoisotopic (exact) mass is 638 g/mol. The van der Waals surface area contributed by atoms with Crippen LogP contribution in [0.5, 0.6) is 0 Å². The van der Waals surface area contributed by atoms with E-state index in [1.807, 2.05) is 18.2 Å². The van der Waals surface area contributed by atoms with Gasteiger partial charge in [-0.05, 0) is 94.1 Å². The third-order valence-electron chi connectivity index (χ3n) is 9.87. The van der Waals surface area contributed by atoms with E-state index in [1.165, 1.54) is 65.9 Å². The molecule has 2 nitrogen and oxygen atoms in total. The van der Waals surface area contributed by atoms with Gasteiger partial charge < -0.3 is 9.13 Å². The fraction of sp³-hybridized carbons (Fsp3) is 0. The fourth-order valence-electron chi connectivity index (χ4n) is 7.53. The number of hydrogen-bond acceptors (Lipinski definition) is 0. The van der Waals surface area contributed by atoms with E-state index in [9.17, 15) is 0 Å². The molecule has 0 atom stereocenters. The largest absolute Gasteiger partial charge is 0.309 e. The summed E-state index contributed by atoms with van der Waals surface area (Å²) in [7, 11) is 0. The zero-order chi connectivity index (χ0) is 33.6. The van der Waals surface area contributed by atoms with Crippen LogP contribution in [0.3, 0.4) is 0 Å². The first-order valence-electron chi connectivity index (χ1n) is 17.0. The van der Waals surface area contributed by atoms with Gasteiger partial charge in [0.2, 0.25) is 0 Å². The number of aromatic nitrogens is 2.